The van der Waals surface area contributed by atoms with Crippen molar-refractivity contribution in [3.8, 4) is 0 Å². The van der Waals surface area contributed by atoms with Crippen molar-refractivity contribution in [2.24, 2.45) is 0 Å². The highest BCUT2D eigenvalue weighted by atomic mass is 16.2. The van der Waals surface area contributed by atoms with Gasteiger partial charge < -0.3 is 4.90 Å². The fourth-order valence-corrected chi connectivity index (χ4v) is 1.84. The molecule has 0 aliphatic carbocycles. The molecule has 1 heterocycles. The highest BCUT2D eigenvalue weighted by Gasteiger charge is 2.23. The molecule has 1 saturated heterocycles. The fourth-order valence-electron chi connectivity index (χ4n) is 1.84. The average molecular weight is 217 g/mol. The standard InChI is InChI=1S/C13H15NO2/c1-10-2-4-11(5-3-10)8-13(16)14-7-6-12(15)9-14/h2-5H,6-9H2,1H3. The lowest BCUT2D eigenvalue weighted by Gasteiger charge is -2.14. The normalized spacial score (nSPS) is 15.6. The Kier molecular flexibility index (Phi) is 3.04. The number of hydrogen-bond acceptors (Lipinski definition) is 2. The summed E-state index contributed by atoms with van der Waals surface area (Å²) in [6.07, 6.45) is 0.910. The average Bonchev–Trinajstić information content (AvgIpc) is 2.68. The SMILES string of the molecule is Cc1ccc(CC(=O)N2CCC(=O)C2)cc1. The largest absolute Gasteiger partial charge is 0.335 e. The molecule has 2 rings (SSSR count). The van der Waals surface area contributed by atoms with Gasteiger partial charge in [0.25, 0.3) is 0 Å². The van der Waals surface area contributed by atoms with Crippen molar-refractivity contribution in [2.45, 2.75) is 19.8 Å². The lowest BCUT2D eigenvalue weighted by Crippen LogP contribution is -2.30. The van der Waals surface area contributed by atoms with Crippen LogP contribution in [0.3, 0.4) is 0 Å². The van der Waals surface area contributed by atoms with Crippen LogP contribution in [0.15, 0.2) is 24.3 Å². The Hall–Kier alpha value is -1.64. The van der Waals surface area contributed by atoms with E-state index in [4.69, 9.17) is 0 Å². The predicted octanol–water partition coefficient (Wildman–Crippen LogP) is 1.34. The number of ketones is 1. The Balaban J connectivity index is 1.97. The molecule has 1 aliphatic heterocycles. The number of amides is 1. The zero-order chi connectivity index (χ0) is 11.5. The molecule has 3 heteroatoms. The third kappa shape index (κ3) is 2.48. The van der Waals surface area contributed by atoms with Gasteiger partial charge in [0, 0.05) is 13.0 Å². The molecule has 0 aromatic heterocycles. The van der Waals surface area contributed by atoms with Gasteiger partial charge in [-0.15, -0.1) is 0 Å². The molecule has 0 bridgehead atoms. The molecule has 1 fully saturated rings. The van der Waals surface area contributed by atoms with Gasteiger partial charge in [0.05, 0.1) is 13.0 Å². The van der Waals surface area contributed by atoms with E-state index in [2.05, 4.69) is 0 Å². The molecule has 16 heavy (non-hydrogen) atoms. The lowest BCUT2D eigenvalue weighted by molar-refractivity contribution is -0.131. The van der Waals surface area contributed by atoms with Crippen molar-refractivity contribution >= 4 is 11.7 Å². The Morgan fingerprint density at radius 3 is 2.56 bits per heavy atom. The Bertz CT molecular complexity index is 408. The molecule has 1 aromatic carbocycles. The highest BCUT2D eigenvalue weighted by molar-refractivity contribution is 5.90. The number of hydrogen-bond donors (Lipinski definition) is 0. The third-order valence-electron chi connectivity index (χ3n) is 2.86. The monoisotopic (exact) mass is 217 g/mol. The van der Waals surface area contributed by atoms with Gasteiger partial charge in [-0.25, -0.2) is 0 Å². The number of carbonyl (C=O) groups is 2. The molecule has 0 radical (unpaired) electrons. The van der Waals surface area contributed by atoms with Gasteiger partial charge in [0.2, 0.25) is 5.91 Å². The highest BCUT2D eigenvalue weighted by Crippen LogP contribution is 2.09. The number of rotatable bonds is 2. The van der Waals surface area contributed by atoms with Gasteiger partial charge in [-0.3, -0.25) is 9.59 Å². The van der Waals surface area contributed by atoms with E-state index in [-0.39, 0.29) is 11.7 Å². The molecule has 0 unspecified atom stereocenters. The number of nitrogens with zero attached hydrogens (tertiary/aromatic N) is 1. The summed E-state index contributed by atoms with van der Waals surface area (Å²) in [5.74, 6) is 0.215. The van der Waals surface area contributed by atoms with Gasteiger partial charge in [-0.05, 0) is 12.5 Å². The predicted molar refractivity (Wildman–Crippen MR) is 61.1 cm³/mol. The molecule has 84 valence electrons. The van der Waals surface area contributed by atoms with Crippen molar-refractivity contribution in [1.29, 1.82) is 0 Å². The molecule has 3 nitrogen and oxygen atoms in total. The molecule has 0 saturated carbocycles. The van der Waals surface area contributed by atoms with Crippen LogP contribution in [-0.2, 0) is 16.0 Å². The zero-order valence-electron chi connectivity index (χ0n) is 9.40. The molecular formula is C13H15NO2. The lowest BCUT2D eigenvalue weighted by atomic mass is 10.1. The molecule has 1 aromatic rings. The van der Waals surface area contributed by atoms with E-state index in [0.29, 0.717) is 25.9 Å². The van der Waals surface area contributed by atoms with Gasteiger partial charge in [-0.1, -0.05) is 29.8 Å². The summed E-state index contributed by atoms with van der Waals surface area (Å²) < 4.78 is 0. The summed E-state index contributed by atoms with van der Waals surface area (Å²) in [4.78, 5) is 24.5. The maximum atomic E-state index is 11.8. The summed E-state index contributed by atoms with van der Waals surface area (Å²) in [7, 11) is 0. The first-order valence-corrected chi connectivity index (χ1v) is 5.50. The third-order valence-corrected chi connectivity index (χ3v) is 2.86. The quantitative estimate of drug-likeness (QED) is 0.749. The van der Waals surface area contributed by atoms with E-state index in [1.807, 2.05) is 31.2 Å². The summed E-state index contributed by atoms with van der Waals surface area (Å²) in [6.45, 7) is 2.90. The van der Waals surface area contributed by atoms with E-state index in [0.717, 1.165) is 5.56 Å². The van der Waals surface area contributed by atoms with Gasteiger partial charge in [0.15, 0.2) is 5.78 Å². The van der Waals surface area contributed by atoms with E-state index in [9.17, 15) is 9.59 Å². The summed E-state index contributed by atoms with van der Waals surface area (Å²) in [5.41, 5.74) is 2.20. The van der Waals surface area contributed by atoms with E-state index >= 15 is 0 Å². The molecule has 0 N–H and O–H groups in total. The summed E-state index contributed by atoms with van der Waals surface area (Å²) in [6, 6.07) is 7.92. The van der Waals surface area contributed by atoms with Crippen LogP contribution in [0.2, 0.25) is 0 Å². The second-order valence-corrected chi connectivity index (χ2v) is 4.27. The van der Waals surface area contributed by atoms with Crippen molar-refractivity contribution in [3.63, 3.8) is 0 Å². The van der Waals surface area contributed by atoms with Crippen LogP contribution in [-0.4, -0.2) is 29.7 Å². The fraction of sp³-hybridized carbons (Fsp3) is 0.385. The molecule has 0 atom stereocenters. The minimum absolute atomic E-state index is 0.0507. The van der Waals surface area contributed by atoms with Crippen LogP contribution in [0.5, 0.6) is 0 Å². The molecule has 1 aliphatic rings. The van der Waals surface area contributed by atoms with E-state index in [1.54, 1.807) is 4.90 Å². The van der Waals surface area contributed by atoms with Crippen LogP contribution in [0.1, 0.15) is 17.5 Å². The molecular weight excluding hydrogens is 202 g/mol. The minimum Gasteiger partial charge on any atom is -0.335 e. The topological polar surface area (TPSA) is 37.4 Å². The number of benzene rings is 1. The Morgan fingerprint density at radius 1 is 1.31 bits per heavy atom. The van der Waals surface area contributed by atoms with Crippen molar-refractivity contribution in [3.05, 3.63) is 35.4 Å². The van der Waals surface area contributed by atoms with Gasteiger partial charge in [-0.2, -0.15) is 0 Å². The van der Waals surface area contributed by atoms with Crippen molar-refractivity contribution < 1.29 is 9.59 Å². The van der Waals surface area contributed by atoms with E-state index in [1.165, 1.54) is 5.56 Å². The summed E-state index contributed by atoms with van der Waals surface area (Å²) in [5, 5.41) is 0. The Labute approximate surface area is 95.1 Å². The number of Topliss-reactive ketones (excluding diaryl/α,β-unsaturated/α-hetero) is 1. The number of likely N-dealkylation sites (tertiary alicyclic amines) is 1. The van der Waals surface area contributed by atoms with Crippen LogP contribution in [0.4, 0.5) is 0 Å². The number of carbonyl (C=O) groups excluding carboxylic acids is 2. The van der Waals surface area contributed by atoms with Crippen molar-refractivity contribution in [2.75, 3.05) is 13.1 Å². The first-order chi connectivity index (χ1) is 7.65. The van der Waals surface area contributed by atoms with E-state index < -0.39 is 0 Å². The minimum atomic E-state index is 0.0507. The summed E-state index contributed by atoms with van der Waals surface area (Å²) >= 11 is 0. The van der Waals surface area contributed by atoms with Gasteiger partial charge in [0.1, 0.15) is 0 Å². The van der Waals surface area contributed by atoms with Crippen molar-refractivity contribution in [1.82, 2.24) is 4.90 Å². The van der Waals surface area contributed by atoms with Crippen LogP contribution in [0, 0.1) is 6.92 Å². The second-order valence-electron chi connectivity index (χ2n) is 4.27. The molecule has 0 spiro atoms. The van der Waals surface area contributed by atoms with Gasteiger partial charge >= 0.3 is 0 Å². The first-order valence-electron chi connectivity index (χ1n) is 5.50. The van der Waals surface area contributed by atoms with Crippen LogP contribution >= 0.6 is 0 Å². The first kappa shape index (κ1) is 10.9. The molecule has 1 amide bonds. The number of aryl methyl sites for hydroxylation is 1. The maximum Gasteiger partial charge on any atom is 0.227 e. The smallest absolute Gasteiger partial charge is 0.227 e. The Morgan fingerprint density at radius 2 is 2.00 bits per heavy atom. The van der Waals surface area contributed by atoms with Crippen LogP contribution in [0.25, 0.3) is 0 Å². The second kappa shape index (κ2) is 4.47. The zero-order valence-corrected chi connectivity index (χ0v) is 9.40. The van der Waals surface area contributed by atoms with Crippen LogP contribution < -0.4 is 0 Å². The maximum absolute atomic E-state index is 11.8.